The normalized spacial score (nSPS) is 12.8. The van der Waals surface area contributed by atoms with Gasteiger partial charge in [0.1, 0.15) is 5.70 Å². The molecule has 1 aliphatic heterocycles. The number of rotatable bonds is 8. The van der Waals surface area contributed by atoms with E-state index >= 15 is 0 Å². The molecule has 2 N–H and O–H groups in total. The first kappa shape index (κ1) is 28.2. The van der Waals surface area contributed by atoms with Crippen molar-refractivity contribution in [3.8, 4) is 0 Å². The Morgan fingerprint density at radius 3 is 2.34 bits per heavy atom. The number of hydrogen-bond donors (Lipinski definition) is 2. The van der Waals surface area contributed by atoms with E-state index in [0.717, 1.165) is 30.0 Å². The maximum Gasteiger partial charge on any atom is 0.272 e. The molecule has 6 nitrogen and oxygen atoms in total. The minimum absolute atomic E-state index is 0.0535. The van der Waals surface area contributed by atoms with Gasteiger partial charge in [0.05, 0.1) is 5.75 Å². The summed E-state index contributed by atoms with van der Waals surface area (Å²) >= 11 is 7.77. The van der Waals surface area contributed by atoms with Gasteiger partial charge in [0, 0.05) is 33.4 Å². The van der Waals surface area contributed by atoms with Crippen LogP contribution in [0.25, 0.3) is 6.08 Å². The highest BCUT2D eigenvalue weighted by Gasteiger charge is 2.22. The second-order valence-electron chi connectivity index (χ2n) is 9.44. The fourth-order valence-electron chi connectivity index (χ4n) is 4.54. The Morgan fingerprint density at radius 2 is 1.56 bits per heavy atom. The van der Waals surface area contributed by atoms with Crippen LogP contribution >= 0.6 is 23.4 Å². The van der Waals surface area contributed by atoms with Crippen LogP contribution in [0.15, 0.2) is 114 Å². The lowest BCUT2D eigenvalue weighted by Crippen LogP contribution is -2.36. The number of halogens is 1. The smallest absolute Gasteiger partial charge is 0.272 e. The quantitative estimate of drug-likeness (QED) is 0.177. The van der Waals surface area contributed by atoms with Gasteiger partial charge in [0.25, 0.3) is 11.8 Å². The van der Waals surface area contributed by atoms with Crippen LogP contribution in [0.4, 0.5) is 11.4 Å². The van der Waals surface area contributed by atoms with Crippen LogP contribution < -0.4 is 15.5 Å². The second-order valence-corrected chi connectivity index (χ2v) is 10.9. The van der Waals surface area contributed by atoms with E-state index in [4.69, 9.17) is 11.6 Å². The van der Waals surface area contributed by atoms with E-state index < -0.39 is 11.8 Å². The van der Waals surface area contributed by atoms with Crippen molar-refractivity contribution >= 4 is 58.5 Å². The van der Waals surface area contributed by atoms with Crippen molar-refractivity contribution in [2.45, 2.75) is 17.7 Å². The zero-order valence-electron chi connectivity index (χ0n) is 22.2. The van der Waals surface area contributed by atoms with Crippen molar-refractivity contribution in [1.82, 2.24) is 5.32 Å². The van der Waals surface area contributed by atoms with Crippen molar-refractivity contribution < 1.29 is 14.4 Å². The SMILES string of the molecule is O=C(Nc1ccc(SCC(=O)N2CCCc3ccccc32)cc1)/C(=C/c1ccccc1Cl)NC(=O)c1ccccc1. The molecule has 0 saturated carbocycles. The first-order chi connectivity index (χ1) is 20.0. The Hall–Kier alpha value is -4.33. The number of amides is 3. The van der Waals surface area contributed by atoms with Crippen LogP contribution in [0.1, 0.15) is 27.9 Å². The molecule has 0 fully saturated rings. The number of nitrogens with one attached hydrogen (secondary N) is 2. The Morgan fingerprint density at radius 1 is 0.854 bits per heavy atom. The minimum Gasteiger partial charge on any atom is -0.321 e. The van der Waals surface area contributed by atoms with Gasteiger partial charge < -0.3 is 15.5 Å². The first-order valence-electron chi connectivity index (χ1n) is 13.2. The standard InChI is InChI=1S/C33H28ClN3O3S/c34-28-14-6-4-12-25(28)21-29(36-32(39)24-10-2-1-3-11-24)33(40)35-26-16-18-27(19-17-26)41-22-31(38)37-20-8-13-23-9-5-7-15-30(23)37/h1-7,9-12,14-19,21H,8,13,20,22H2,(H,35,40)(H,36,39)/b29-21-. The predicted molar refractivity (Wildman–Crippen MR) is 166 cm³/mol. The molecule has 1 aliphatic rings. The van der Waals surface area contributed by atoms with Crippen LogP contribution in [-0.2, 0) is 16.0 Å². The van der Waals surface area contributed by atoms with E-state index in [1.807, 2.05) is 41.3 Å². The molecule has 0 atom stereocenters. The molecule has 0 unspecified atom stereocenters. The van der Waals surface area contributed by atoms with Crippen LogP contribution in [-0.4, -0.2) is 30.0 Å². The number of fused-ring (bicyclic) bond motifs is 1. The minimum atomic E-state index is -0.492. The van der Waals surface area contributed by atoms with Gasteiger partial charge in [-0.05, 0) is 78.6 Å². The molecule has 0 aromatic heterocycles. The van der Waals surface area contributed by atoms with Gasteiger partial charge in [-0.2, -0.15) is 0 Å². The summed E-state index contributed by atoms with van der Waals surface area (Å²) in [6, 6.07) is 31.1. The van der Waals surface area contributed by atoms with E-state index in [-0.39, 0.29) is 11.6 Å². The Bertz CT molecular complexity index is 1590. The van der Waals surface area contributed by atoms with Gasteiger partial charge in [-0.15, -0.1) is 11.8 Å². The summed E-state index contributed by atoms with van der Waals surface area (Å²) in [7, 11) is 0. The van der Waals surface area contributed by atoms with Gasteiger partial charge in [-0.25, -0.2) is 0 Å². The first-order valence-corrected chi connectivity index (χ1v) is 14.6. The predicted octanol–water partition coefficient (Wildman–Crippen LogP) is 6.82. The van der Waals surface area contributed by atoms with Gasteiger partial charge in [0.2, 0.25) is 5.91 Å². The zero-order chi connectivity index (χ0) is 28.6. The van der Waals surface area contributed by atoms with Crippen molar-refractivity contribution in [2.24, 2.45) is 0 Å². The van der Waals surface area contributed by atoms with Crippen molar-refractivity contribution in [3.05, 3.63) is 131 Å². The van der Waals surface area contributed by atoms with Gasteiger partial charge in [0.15, 0.2) is 0 Å². The summed E-state index contributed by atoms with van der Waals surface area (Å²) in [6.07, 6.45) is 3.50. The Balaban J connectivity index is 1.24. The topological polar surface area (TPSA) is 78.5 Å². The van der Waals surface area contributed by atoms with E-state index in [0.29, 0.717) is 27.6 Å². The number of benzene rings is 4. The molecule has 4 aromatic rings. The molecule has 41 heavy (non-hydrogen) atoms. The molecule has 4 aromatic carbocycles. The summed E-state index contributed by atoms with van der Waals surface area (Å²) in [5.41, 5.74) is 3.84. The molecule has 8 heteroatoms. The van der Waals surface area contributed by atoms with E-state index in [2.05, 4.69) is 16.7 Å². The number of nitrogens with zero attached hydrogens (tertiary/aromatic N) is 1. The largest absolute Gasteiger partial charge is 0.321 e. The molecule has 3 amide bonds. The number of anilines is 2. The number of para-hydroxylation sites is 1. The summed E-state index contributed by atoms with van der Waals surface area (Å²) in [5.74, 6) is -0.514. The van der Waals surface area contributed by atoms with Crippen LogP contribution in [0.3, 0.4) is 0 Å². The lowest BCUT2D eigenvalue weighted by Gasteiger charge is -2.29. The van der Waals surface area contributed by atoms with E-state index in [1.165, 1.54) is 17.3 Å². The third-order valence-corrected chi connectivity index (χ3v) is 7.96. The zero-order valence-corrected chi connectivity index (χ0v) is 23.8. The lowest BCUT2D eigenvalue weighted by molar-refractivity contribution is -0.116. The third-order valence-electron chi connectivity index (χ3n) is 6.62. The molecule has 0 saturated heterocycles. The second kappa shape index (κ2) is 13.4. The summed E-state index contributed by atoms with van der Waals surface area (Å²) in [5, 5.41) is 6.01. The lowest BCUT2D eigenvalue weighted by atomic mass is 10.0. The van der Waals surface area contributed by atoms with Crippen molar-refractivity contribution in [1.29, 1.82) is 0 Å². The highest BCUT2D eigenvalue weighted by atomic mass is 35.5. The number of carbonyl (C=O) groups is 3. The summed E-state index contributed by atoms with van der Waals surface area (Å²) in [6.45, 7) is 0.728. The van der Waals surface area contributed by atoms with Crippen LogP contribution in [0.5, 0.6) is 0 Å². The molecule has 0 aliphatic carbocycles. The van der Waals surface area contributed by atoms with Crippen LogP contribution in [0.2, 0.25) is 5.02 Å². The summed E-state index contributed by atoms with van der Waals surface area (Å²) < 4.78 is 0. The average Bonchev–Trinajstić information content (AvgIpc) is 3.01. The maximum absolute atomic E-state index is 13.3. The molecular weight excluding hydrogens is 554 g/mol. The molecule has 0 spiro atoms. The molecule has 5 rings (SSSR count). The molecule has 206 valence electrons. The van der Waals surface area contributed by atoms with Crippen molar-refractivity contribution in [3.63, 3.8) is 0 Å². The monoisotopic (exact) mass is 581 g/mol. The number of thioether (sulfide) groups is 1. The van der Waals surface area contributed by atoms with Gasteiger partial charge >= 0.3 is 0 Å². The molecule has 1 heterocycles. The highest BCUT2D eigenvalue weighted by molar-refractivity contribution is 8.00. The van der Waals surface area contributed by atoms with Crippen molar-refractivity contribution in [2.75, 3.05) is 22.5 Å². The van der Waals surface area contributed by atoms with Crippen LogP contribution in [0, 0.1) is 0 Å². The van der Waals surface area contributed by atoms with Gasteiger partial charge in [-0.1, -0.05) is 66.2 Å². The number of hydrogen-bond acceptors (Lipinski definition) is 4. The highest BCUT2D eigenvalue weighted by Crippen LogP contribution is 2.28. The Labute approximate surface area is 248 Å². The Kier molecular flexibility index (Phi) is 9.19. The fourth-order valence-corrected chi connectivity index (χ4v) is 5.50. The molecular formula is C33H28ClN3O3S. The number of aryl methyl sites for hydroxylation is 1. The van der Waals surface area contributed by atoms with E-state index in [9.17, 15) is 14.4 Å². The molecule has 0 bridgehead atoms. The van der Waals surface area contributed by atoms with Gasteiger partial charge in [-0.3, -0.25) is 14.4 Å². The molecule has 0 radical (unpaired) electrons. The maximum atomic E-state index is 13.3. The number of carbonyl (C=O) groups excluding carboxylic acids is 3. The average molecular weight is 582 g/mol. The summed E-state index contributed by atoms with van der Waals surface area (Å²) in [4.78, 5) is 41.9. The van der Waals surface area contributed by atoms with E-state index in [1.54, 1.807) is 66.7 Å². The fraction of sp³-hybridized carbons (Fsp3) is 0.121. The third kappa shape index (κ3) is 7.25.